The first kappa shape index (κ1) is 19.9. The van der Waals surface area contributed by atoms with Gasteiger partial charge >= 0.3 is 0 Å². The van der Waals surface area contributed by atoms with E-state index in [1.165, 1.54) is 0 Å². The summed E-state index contributed by atoms with van der Waals surface area (Å²) in [5.74, 6) is 0.0211. The molecule has 27 heavy (non-hydrogen) atoms. The van der Waals surface area contributed by atoms with Crippen molar-refractivity contribution in [1.82, 2.24) is 20.0 Å². The molecule has 1 aromatic heterocycles. The first-order chi connectivity index (χ1) is 12.8. The molecule has 2 heterocycles. The van der Waals surface area contributed by atoms with Crippen LogP contribution < -0.4 is 5.32 Å². The molecule has 7 heteroatoms. The smallest absolute Gasteiger partial charge is 0.274 e. The number of hydrogen-bond acceptors (Lipinski definition) is 4. The topological polar surface area (TPSA) is 76.5 Å². The van der Waals surface area contributed by atoms with E-state index in [1.54, 1.807) is 6.92 Å². The summed E-state index contributed by atoms with van der Waals surface area (Å²) < 4.78 is 7.87. The van der Waals surface area contributed by atoms with Gasteiger partial charge in [-0.15, -0.1) is 0 Å². The largest absolute Gasteiger partial charge is 0.369 e. The van der Waals surface area contributed by atoms with Gasteiger partial charge in [0.05, 0.1) is 17.9 Å². The van der Waals surface area contributed by atoms with E-state index >= 15 is 0 Å². The van der Waals surface area contributed by atoms with E-state index in [0.717, 1.165) is 49.9 Å². The van der Waals surface area contributed by atoms with Crippen LogP contribution in [0.25, 0.3) is 0 Å². The second kappa shape index (κ2) is 8.00. The number of aryl methyl sites for hydroxylation is 1. The fourth-order valence-electron chi connectivity index (χ4n) is 4.56. The minimum absolute atomic E-state index is 0.00253. The molecular weight excluding hydrogens is 344 g/mol. The lowest BCUT2D eigenvalue weighted by Crippen LogP contribution is -2.44. The van der Waals surface area contributed by atoms with Crippen LogP contribution in [-0.2, 0) is 22.5 Å². The zero-order valence-corrected chi connectivity index (χ0v) is 17.1. The maximum absolute atomic E-state index is 13.3. The molecular formula is C20H32N4O3. The predicted molar refractivity (Wildman–Crippen MR) is 103 cm³/mol. The van der Waals surface area contributed by atoms with Crippen molar-refractivity contribution in [2.75, 3.05) is 7.05 Å². The highest BCUT2D eigenvalue weighted by Gasteiger charge is 2.35. The predicted octanol–water partition coefficient (Wildman–Crippen LogP) is 2.44. The molecule has 0 saturated heterocycles. The molecule has 3 rings (SSSR count). The van der Waals surface area contributed by atoms with Gasteiger partial charge in [-0.25, -0.2) is 0 Å². The standard InChI is InChI=1S/C20H32N4O3/c1-6-24-19-13(3)27-12(2)11-17(19)18(22-24)20(26)23(5)16-9-7-15(8-10-16)21-14(4)25/h12-13,15-16H,6-11H2,1-5H3,(H,21,25)/t12-,13+,15?,16?/m1/s1. The monoisotopic (exact) mass is 376 g/mol. The van der Waals surface area contributed by atoms with E-state index < -0.39 is 0 Å². The fourth-order valence-corrected chi connectivity index (χ4v) is 4.56. The first-order valence-electron chi connectivity index (χ1n) is 10.1. The van der Waals surface area contributed by atoms with Crippen molar-refractivity contribution in [2.24, 2.45) is 0 Å². The summed E-state index contributed by atoms with van der Waals surface area (Å²) in [6, 6.07) is 0.424. The molecule has 0 unspecified atom stereocenters. The van der Waals surface area contributed by atoms with Gasteiger partial charge in [0.25, 0.3) is 5.91 Å². The van der Waals surface area contributed by atoms with E-state index in [0.29, 0.717) is 5.69 Å². The number of hydrogen-bond donors (Lipinski definition) is 1. The third-order valence-corrected chi connectivity index (χ3v) is 5.88. The third kappa shape index (κ3) is 4.03. The number of ether oxygens (including phenoxy) is 1. The summed E-state index contributed by atoms with van der Waals surface area (Å²) in [5.41, 5.74) is 2.67. The Kier molecular flexibility index (Phi) is 5.89. The highest BCUT2D eigenvalue weighted by atomic mass is 16.5. The Hall–Kier alpha value is -1.89. The first-order valence-corrected chi connectivity index (χ1v) is 10.1. The highest BCUT2D eigenvalue weighted by Crippen LogP contribution is 2.33. The van der Waals surface area contributed by atoms with Crippen molar-refractivity contribution in [2.45, 2.75) is 90.6 Å². The number of aromatic nitrogens is 2. The van der Waals surface area contributed by atoms with Crippen LogP contribution in [-0.4, -0.2) is 51.7 Å². The van der Waals surface area contributed by atoms with E-state index in [2.05, 4.69) is 10.4 Å². The van der Waals surface area contributed by atoms with Gasteiger partial charge in [0.15, 0.2) is 5.69 Å². The molecule has 150 valence electrons. The summed E-state index contributed by atoms with van der Waals surface area (Å²) in [4.78, 5) is 26.4. The number of nitrogens with one attached hydrogen (secondary N) is 1. The molecule has 1 aromatic rings. The molecule has 2 atom stereocenters. The summed E-state index contributed by atoms with van der Waals surface area (Å²) >= 11 is 0. The summed E-state index contributed by atoms with van der Waals surface area (Å²) in [5, 5.41) is 7.65. The normalized spacial score (nSPS) is 27.7. The average Bonchev–Trinajstić information content (AvgIpc) is 2.99. The van der Waals surface area contributed by atoms with Crippen LogP contribution in [0.3, 0.4) is 0 Å². The molecule has 2 amide bonds. The van der Waals surface area contributed by atoms with Gasteiger partial charge in [-0.05, 0) is 46.5 Å². The maximum atomic E-state index is 13.3. The van der Waals surface area contributed by atoms with E-state index in [-0.39, 0.29) is 36.1 Å². The van der Waals surface area contributed by atoms with E-state index in [4.69, 9.17) is 4.74 Å². The summed E-state index contributed by atoms with van der Waals surface area (Å²) in [6.07, 6.45) is 4.39. The van der Waals surface area contributed by atoms with Gasteiger partial charge in [-0.1, -0.05) is 0 Å². The second-order valence-corrected chi connectivity index (χ2v) is 7.94. The van der Waals surface area contributed by atoms with Crippen molar-refractivity contribution in [3.05, 3.63) is 17.0 Å². The van der Waals surface area contributed by atoms with Gasteiger partial charge < -0.3 is 15.0 Å². The van der Waals surface area contributed by atoms with Gasteiger partial charge in [0.1, 0.15) is 0 Å². The maximum Gasteiger partial charge on any atom is 0.274 e. The van der Waals surface area contributed by atoms with Crippen LogP contribution in [0.15, 0.2) is 0 Å². The molecule has 0 spiro atoms. The lowest BCUT2D eigenvalue weighted by molar-refractivity contribution is -0.119. The Morgan fingerprint density at radius 2 is 1.93 bits per heavy atom. The number of carbonyl (C=O) groups is 2. The molecule has 1 saturated carbocycles. The molecule has 7 nitrogen and oxygen atoms in total. The zero-order chi connectivity index (χ0) is 19.7. The third-order valence-electron chi connectivity index (χ3n) is 5.88. The quantitative estimate of drug-likeness (QED) is 0.876. The molecule has 2 aliphatic rings. The number of amides is 2. The van der Waals surface area contributed by atoms with Crippen molar-refractivity contribution in [3.63, 3.8) is 0 Å². The van der Waals surface area contributed by atoms with E-state index in [1.807, 2.05) is 37.4 Å². The molecule has 0 aromatic carbocycles. The van der Waals surface area contributed by atoms with Gasteiger partial charge in [0.2, 0.25) is 5.91 Å². The SMILES string of the molecule is CCn1nc(C(=O)N(C)C2CCC(NC(C)=O)CC2)c2c1[C@H](C)O[C@H](C)C2. The average molecular weight is 377 g/mol. The summed E-state index contributed by atoms with van der Waals surface area (Å²) in [6.45, 7) is 8.40. The molecule has 0 radical (unpaired) electrons. The Balaban J connectivity index is 1.75. The molecule has 0 bridgehead atoms. The van der Waals surface area contributed by atoms with Crippen molar-refractivity contribution >= 4 is 11.8 Å². The highest BCUT2D eigenvalue weighted by molar-refractivity contribution is 5.94. The Morgan fingerprint density at radius 1 is 1.26 bits per heavy atom. The van der Waals surface area contributed by atoms with Crippen LogP contribution in [0.4, 0.5) is 0 Å². The lowest BCUT2D eigenvalue weighted by atomic mass is 9.90. The number of carbonyl (C=O) groups excluding carboxylic acids is 2. The van der Waals surface area contributed by atoms with Crippen LogP contribution in [0, 0.1) is 0 Å². The van der Waals surface area contributed by atoms with Crippen molar-refractivity contribution in [1.29, 1.82) is 0 Å². The second-order valence-electron chi connectivity index (χ2n) is 7.94. The Labute approximate surface area is 161 Å². The molecule has 1 aliphatic heterocycles. The van der Waals surface area contributed by atoms with Crippen LogP contribution >= 0.6 is 0 Å². The minimum atomic E-state index is -0.0452. The molecule has 1 fully saturated rings. The van der Waals surface area contributed by atoms with Crippen LogP contribution in [0.2, 0.25) is 0 Å². The van der Waals surface area contributed by atoms with E-state index in [9.17, 15) is 9.59 Å². The van der Waals surface area contributed by atoms with Gasteiger partial charge in [-0.3, -0.25) is 14.3 Å². The fraction of sp³-hybridized carbons (Fsp3) is 0.750. The van der Waals surface area contributed by atoms with Crippen LogP contribution in [0.5, 0.6) is 0 Å². The zero-order valence-electron chi connectivity index (χ0n) is 17.1. The Morgan fingerprint density at radius 3 is 2.52 bits per heavy atom. The van der Waals surface area contributed by atoms with Gasteiger partial charge in [-0.2, -0.15) is 5.10 Å². The summed E-state index contributed by atoms with van der Waals surface area (Å²) in [7, 11) is 1.88. The van der Waals surface area contributed by atoms with Crippen LogP contribution in [0.1, 0.15) is 81.2 Å². The lowest BCUT2D eigenvalue weighted by Gasteiger charge is -2.35. The molecule has 1 N–H and O–H groups in total. The van der Waals surface area contributed by atoms with Crippen molar-refractivity contribution in [3.8, 4) is 0 Å². The molecule has 1 aliphatic carbocycles. The Bertz CT molecular complexity index is 706. The van der Waals surface area contributed by atoms with Crippen molar-refractivity contribution < 1.29 is 14.3 Å². The van der Waals surface area contributed by atoms with Gasteiger partial charge in [0, 0.05) is 44.6 Å². The number of fused-ring (bicyclic) bond motifs is 1. The minimum Gasteiger partial charge on any atom is -0.369 e. The number of rotatable bonds is 4. The number of nitrogens with zero attached hydrogens (tertiary/aromatic N) is 3.